The van der Waals surface area contributed by atoms with Gasteiger partial charge in [0.15, 0.2) is 0 Å². The predicted octanol–water partition coefficient (Wildman–Crippen LogP) is 1.46. The number of fused-ring (bicyclic) bond motifs is 2. The van der Waals surface area contributed by atoms with Crippen molar-refractivity contribution in [3.8, 4) is 11.8 Å². The molecule has 0 aromatic carbocycles. The first kappa shape index (κ1) is 9.53. The summed E-state index contributed by atoms with van der Waals surface area (Å²) in [5, 5.41) is 4.04. The van der Waals surface area contributed by atoms with Crippen molar-refractivity contribution in [1.29, 1.82) is 0 Å². The number of nitrogens with zero attached hydrogens (tertiary/aromatic N) is 3. The number of aryl methyl sites for hydroxylation is 1. The SMILES string of the molecule is Cc1cnc2c(c1)S(=O)Cn1nccc1O2. The number of hydrogen-bond donors (Lipinski definition) is 0. The average molecular weight is 235 g/mol. The normalized spacial score (nSPS) is 18.2. The van der Waals surface area contributed by atoms with Gasteiger partial charge in [0.2, 0.25) is 11.8 Å². The Hall–Kier alpha value is -1.69. The van der Waals surface area contributed by atoms with Crippen molar-refractivity contribution in [2.45, 2.75) is 17.7 Å². The summed E-state index contributed by atoms with van der Waals surface area (Å²) in [6.07, 6.45) is 3.31. The van der Waals surface area contributed by atoms with Crippen LogP contribution in [0.25, 0.3) is 0 Å². The molecule has 1 aliphatic heterocycles. The van der Waals surface area contributed by atoms with Crippen LogP contribution in [-0.2, 0) is 16.7 Å². The van der Waals surface area contributed by atoms with Crippen LogP contribution in [0.3, 0.4) is 0 Å². The van der Waals surface area contributed by atoms with Crippen LogP contribution in [0, 0.1) is 6.92 Å². The van der Waals surface area contributed by atoms with E-state index < -0.39 is 10.8 Å². The van der Waals surface area contributed by atoms with Gasteiger partial charge in [-0.1, -0.05) is 0 Å². The molecule has 2 aromatic heterocycles. The van der Waals surface area contributed by atoms with E-state index in [1.165, 1.54) is 0 Å². The van der Waals surface area contributed by atoms with Gasteiger partial charge in [0.1, 0.15) is 10.8 Å². The van der Waals surface area contributed by atoms with E-state index in [9.17, 15) is 4.21 Å². The van der Waals surface area contributed by atoms with Gasteiger partial charge in [-0.15, -0.1) is 0 Å². The number of rotatable bonds is 0. The van der Waals surface area contributed by atoms with Gasteiger partial charge >= 0.3 is 0 Å². The van der Waals surface area contributed by atoms with Gasteiger partial charge in [-0.25, -0.2) is 9.67 Å². The fourth-order valence-corrected chi connectivity index (χ4v) is 2.72. The molecular formula is C10H9N3O2S. The van der Waals surface area contributed by atoms with Gasteiger partial charge < -0.3 is 4.74 Å². The van der Waals surface area contributed by atoms with E-state index in [-0.39, 0.29) is 0 Å². The highest BCUT2D eigenvalue weighted by molar-refractivity contribution is 7.84. The van der Waals surface area contributed by atoms with Crippen LogP contribution in [0.5, 0.6) is 11.8 Å². The highest BCUT2D eigenvalue weighted by Crippen LogP contribution is 2.30. The molecule has 1 aliphatic rings. The zero-order valence-electron chi connectivity index (χ0n) is 8.58. The fourth-order valence-electron chi connectivity index (χ4n) is 1.55. The van der Waals surface area contributed by atoms with E-state index in [1.54, 1.807) is 23.1 Å². The summed E-state index contributed by atoms with van der Waals surface area (Å²) >= 11 is 0. The smallest absolute Gasteiger partial charge is 0.237 e. The van der Waals surface area contributed by atoms with Gasteiger partial charge in [0, 0.05) is 12.3 Å². The largest absolute Gasteiger partial charge is 0.420 e. The number of aromatic nitrogens is 3. The zero-order chi connectivity index (χ0) is 11.1. The van der Waals surface area contributed by atoms with E-state index in [2.05, 4.69) is 10.1 Å². The molecule has 2 aromatic rings. The third-order valence-electron chi connectivity index (χ3n) is 2.32. The number of ether oxygens (including phenoxy) is 1. The second kappa shape index (κ2) is 3.41. The summed E-state index contributed by atoms with van der Waals surface area (Å²) in [5.41, 5.74) is 0.968. The lowest BCUT2D eigenvalue weighted by atomic mass is 10.3. The molecule has 0 saturated heterocycles. The molecule has 0 amide bonds. The molecule has 1 atom stereocenters. The summed E-state index contributed by atoms with van der Waals surface area (Å²) in [7, 11) is -1.17. The highest BCUT2D eigenvalue weighted by Gasteiger charge is 2.21. The maximum Gasteiger partial charge on any atom is 0.237 e. The summed E-state index contributed by atoms with van der Waals surface area (Å²) in [5.74, 6) is 1.28. The van der Waals surface area contributed by atoms with E-state index in [0.717, 1.165) is 5.56 Å². The molecule has 0 saturated carbocycles. The third-order valence-corrected chi connectivity index (χ3v) is 3.58. The molecule has 16 heavy (non-hydrogen) atoms. The van der Waals surface area contributed by atoms with Crippen molar-refractivity contribution in [2.75, 3.05) is 0 Å². The van der Waals surface area contributed by atoms with Crippen molar-refractivity contribution in [1.82, 2.24) is 14.8 Å². The van der Waals surface area contributed by atoms with E-state index in [4.69, 9.17) is 4.74 Å². The molecule has 0 N–H and O–H groups in total. The minimum absolute atomic E-state index is 0.306. The Kier molecular flexibility index (Phi) is 2.03. The molecule has 0 bridgehead atoms. The Labute approximate surface area is 94.5 Å². The lowest BCUT2D eigenvalue weighted by Crippen LogP contribution is -2.03. The molecular weight excluding hydrogens is 226 g/mol. The third kappa shape index (κ3) is 1.42. The average Bonchev–Trinajstić information content (AvgIpc) is 2.63. The molecule has 1 unspecified atom stereocenters. The Morgan fingerprint density at radius 2 is 2.44 bits per heavy atom. The zero-order valence-corrected chi connectivity index (χ0v) is 9.40. The van der Waals surface area contributed by atoms with Crippen molar-refractivity contribution >= 4 is 10.8 Å². The quantitative estimate of drug-likeness (QED) is 0.693. The Balaban J connectivity index is 2.18. The lowest BCUT2D eigenvalue weighted by molar-refractivity contribution is 0.409. The molecule has 0 radical (unpaired) electrons. The Bertz CT molecular complexity index is 579. The van der Waals surface area contributed by atoms with Gasteiger partial charge in [0.05, 0.1) is 17.0 Å². The number of hydrogen-bond acceptors (Lipinski definition) is 4. The molecule has 3 heterocycles. The van der Waals surface area contributed by atoms with Crippen molar-refractivity contribution in [3.05, 3.63) is 30.1 Å². The molecule has 0 spiro atoms. The minimum Gasteiger partial charge on any atom is -0.420 e. The van der Waals surface area contributed by atoms with E-state index >= 15 is 0 Å². The topological polar surface area (TPSA) is 57.0 Å². The Morgan fingerprint density at radius 3 is 3.31 bits per heavy atom. The van der Waals surface area contributed by atoms with E-state index in [1.807, 2.05) is 13.0 Å². The molecule has 5 nitrogen and oxygen atoms in total. The van der Waals surface area contributed by atoms with Crippen LogP contribution in [-0.4, -0.2) is 19.0 Å². The summed E-state index contributed by atoms with van der Waals surface area (Å²) in [6, 6.07) is 3.57. The maximum atomic E-state index is 12.0. The molecule has 6 heteroatoms. The van der Waals surface area contributed by atoms with Crippen LogP contribution in [0.15, 0.2) is 29.4 Å². The van der Waals surface area contributed by atoms with Gasteiger partial charge in [-0.3, -0.25) is 4.21 Å². The molecule has 3 rings (SSSR count). The van der Waals surface area contributed by atoms with Crippen LogP contribution in [0.1, 0.15) is 5.56 Å². The number of pyridine rings is 1. The van der Waals surface area contributed by atoms with Gasteiger partial charge in [0.25, 0.3) is 0 Å². The molecule has 0 fully saturated rings. The summed E-state index contributed by atoms with van der Waals surface area (Å²) in [4.78, 5) is 4.78. The maximum absolute atomic E-state index is 12.0. The van der Waals surface area contributed by atoms with Crippen molar-refractivity contribution < 1.29 is 8.95 Å². The first-order valence-electron chi connectivity index (χ1n) is 4.79. The molecule has 82 valence electrons. The first-order chi connectivity index (χ1) is 7.74. The monoisotopic (exact) mass is 235 g/mol. The van der Waals surface area contributed by atoms with Crippen molar-refractivity contribution in [3.63, 3.8) is 0 Å². The van der Waals surface area contributed by atoms with Crippen LogP contribution in [0.2, 0.25) is 0 Å². The van der Waals surface area contributed by atoms with Crippen LogP contribution < -0.4 is 4.74 Å². The van der Waals surface area contributed by atoms with Crippen molar-refractivity contribution in [2.24, 2.45) is 0 Å². The van der Waals surface area contributed by atoms with Crippen LogP contribution >= 0.6 is 0 Å². The lowest BCUT2D eigenvalue weighted by Gasteiger charge is -2.04. The molecule has 0 aliphatic carbocycles. The second-order valence-electron chi connectivity index (χ2n) is 3.56. The van der Waals surface area contributed by atoms with Crippen LogP contribution in [0.4, 0.5) is 0 Å². The standard InChI is InChI=1S/C10H9N3O2S/c1-7-4-8-10(11-5-7)15-9-2-3-12-13(9)6-16(8)14/h2-5H,6H2,1H3. The van der Waals surface area contributed by atoms with Gasteiger partial charge in [-0.2, -0.15) is 5.10 Å². The summed E-state index contributed by atoms with van der Waals surface area (Å²) in [6.45, 7) is 1.91. The second-order valence-corrected chi connectivity index (χ2v) is 4.95. The minimum atomic E-state index is -1.17. The summed E-state index contributed by atoms with van der Waals surface area (Å²) < 4.78 is 19.2. The van der Waals surface area contributed by atoms with E-state index in [0.29, 0.717) is 22.5 Å². The van der Waals surface area contributed by atoms with Gasteiger partial charge in [-0.05, 0) is 18.6 Å². The first-order valence-corrected chi connectivity index (χ1v) is 6.10. The predicted molar refractivity (Wildman–Crippen MR) is 57.7 cm³/mol. The highest BCUT2D eigenvalue weighted by atomic mass is 32.2. The fraction of sp³-hybridized carbons (Fsp3) is 0.200. The Morgan fingerprint density at radius 1 is 1.56 bits per heavy atom.